The van der Waals surface area contributed by atoms with E-state index < -0.39 is 17.5 Å². The van der Waals surface area contributed by atoms with Crippen LogP contribution in [0.25, 0.3) is 23.7 Å². The average Bonchev–Trinajstić information content (AvgIpc) is 3.71. The normalized spacial score (nSPS) is 12.1. The maximum Gasteiger partial charge on any atom is 0.328 e. The molecule has 5 N–H and O–H groups in total. The first kappa shape index (κ1) is 28.8. The second-order valence-electron chi connectivity index (χ2n) is 8.16. The number of allylic oxidation sites excluding steroid dienone is 3. The highest BCUT2D eigenvalue weighted by Gasteiger charge is 2.12. The summed E-state index contributed by atoms with van der Waals surface area (Å²) in [5.74, 6) is -2.25. The molecule has 4 heterocycles. The van der Waals surface area contributed by atoms with Crippen LogP contribution in [-0.4, -0.2) is 72.4 Å². The van der Waals surface area contributed by atoms with Crippen molar-refractivity contribution in [3.05, 3.63) is 95.6 Å². The van der Waals surface area contributed by atoms with E-state index in [0.717, 1.165) is 23.9 Å². The molecule has 0 aliphatic rings. The molecule has 4 aromatic rings. The zero-order valence-corrected chi connectivity index (χ0v) is 21.7. The van der Waals surface area contributed by atoms with Gasteiger partial charge in [0.1, 0.15) is 24.2 Å². The van der Waals surface area contributed by atoms with E-state index in [4.69, 9.17) is 5.11 Å². The summed E-state index contributed by atoms with van der Waals surface area (Å²) in [7, 11) is 3.56. The van der Waals surface area contributed by atoms with E-state index in [1.807, 2.05) is 30.7 Å². The van der Waals surface area contributed by atoms with Gasteiger partial charge in [-0.3, -0.25) is 19.8 Å². The van der Waals surface area contributed by atoms with E-state index >= 15 is 0 Å². The first-order valence-electron chi connectivity index (χ1n) is 11.6. The number of H-pyrrole nitrogens is 2. The molecule has 0 aliphatic carbocycles. The number of aryl methyl sites for hydroxylation is 2. The Bertz CT molecular complexity index is 1600. The number of carbonyl (C=O) groups is 3. The van der Waals surface area contributed by atoms with E-state index in [1.54, 1.807) is 36.1 Å². The SMILES string of the molecule is C/C=C/c1cc(C(O)=CC(=O)c2ncn[nH]2)cn1C.Cn1cc(C(O)=CC(=O)c2ncn[nH]2)cc1/C=C/C(=O)O. The van der Waals surface area contributed by atoms with E-state index in [2.05, 4.69) is 30.4 Å². The van der Waals surface area contributed by atoms with Crippen LogP contribution in [0.15, 0.2) is 61.5 Å². The average molecular weight is 547 g/mol. The van der Waals surface area contributed by atoms with Crippen LogP contribution in [0.5, 0.6) is 0 Å². The molecule has 4 rings (SSSR count). The first-order chi connectivity index (χ1) is 19.1. The van der Waals surface area contributed by atoms with Gasteiger partial charge in [0.05, 0.1) is 0 Å². The Morgan fingerprint density at radius 3 is 1.60 bits per heavy atom. The summed E-state index contributed by atoms with van der Waals surface area (Å²) >= 11 is 0. The molecule has 0 saturated carbocycles. The van der Waals surface area contributed by atoms with Gasteiger partial charge in [0, 0.05) is 67.2 Å². The second-order valence-corrected chi connectivity index (χ2v) is 8.16. The third kappa shape index (κ3) is 7.61. The fraction of sp³-hybridized carbons (Fsp3) is 0.115. The van der Waals surface area contributed by atoms with Gasteiger partial charge in [0.15, 0.2) is 11.6 Å². The molecular weight excluding hydrogens is 520 g/mol. The second kappa shape index (κ2) is 13.1. The van der Waals surface area contributed by atoms with Crippen molar-refractivity contribution in [2.45, 2.75) is 6.92 Å². The molecule has 14 heteroatoms. The minimum atomic E-state index is -1.07. The van der Waals surface area contributed by atoms with Crippen molar-refractivity contribution in [3.63, 3.8) is 0 Å². The minimum absolute atomic E-state index is 0.0171. The Balaban J connectivity index is 0.000000222. The molecule has 0 bridgehead atoms. The van der Waals surface area contributed by atoms with E-state index in [9.17, 15) is 24.6 Å². The maximum absolute atomic E-state index is 11.7. The fourth-order valence-electron chi connectivity index (χ4n) is 3.30. The first-order valence-corrected chi connectivity index (χ1v) is 11.6. The van der Waals surface area contributed by atoms with Gasteiger partial charge < -0.3 is 24.5 Å². The van der Waals surface area contributed by atoms with Crippen LogP contribution in [0, 0.1) is 0 Å². The van der Waals surface area contributed by atoms with E-state index in [1.165, 1.54) is 18.7 Å². The van der Waals surface area contributed by atoms with Gasteiger partial charge in [-0.1, -0.05) is 6.08 Å². The molecule has 40 heavy (non-hydrogen) atoms. The van der Waals surface area contributed by atoms with Crippen LogP contribution in [0.2, 0.25) is 0 Å². The molecule has 0 unspecified atom stereocenters. The molecule has 0 radical (unpaired) electrons. The van der Waals surface area contributed by atoms with Crippen LogP contribution >= 0.6 is 0 Å². The number of hydrogen-bond acceptors (Lipinski definition) is 9. The molecule has 206 valence electrons. The molecule has 0 aliphatic heterocycles. The number of carbonyl (C=O) groups excluding carboxylic acids is 2. The quantitative estimate of drug-likeness (QED) is 0.118. The summed E-state index contributed by atoms with van der Waals surface area (Å²) in [5.41, 5.74) is 2.46. The highest BCUT2D eigenvalue weighted by atomic mass is 16.4. The smallest absolute Gasteiger partial charge is 0.328 e. The summed E-state index contributed by atoms with van der Waals surface area (Å²) in [6, 6.07) is 3.35. The Morgan fingerprint density at radius 1 is 0.775 bits per heavy atom. The molecule has 0 atom stereocenters. The molecule has 0 aromatic carbocycles. The van der Waals surface area contributed by atoms with Crippen LogP contribution < -0.4 is 0 Å². The Kier molecular flexibility index (Phi) is 9.45. The summed E-state index contributed by atoms with van der Waals surface area (Å²) in [5, 5.41) is 40.4. The fourth-order valence-corrected chi connectivity index (χ4v) is 3.30. The summed E-state index contributed by atoms with van der Waals surface area (Å²) in [6.07, 6.45) is 14.1. The number of carboxylic acid groups (broad SMARTS) is 1. The Hall–Kier alpha value is -5.79. The lowest BCUT2D eigenvalue weighted by Crippen LogP contribution is -1.99. The van der Waals surface area contributed by atoms with Crippen molar-refractivity contribution < 1.29 is 29.7 Å². The van der Waals surface area contributed by atoms with Gasteiger partial charge in [-0.2, -0.15) is 10.2 Å². The molecular formula is C26H26N8O6. The van der Waals surface area contributed by atoms with Crippen molar-refractivity contribution in [3.8, 4) is 0 Å². The molecule has 4 aromatic heterocycles. The number of aliphatic hydroxyl groups excluding tert-OH is 2. The third-order valence-corrected chi connectivity index (χ3v) is 5.24. The largest absolute Gasteiger partial charge is 0.507 e. The van der Waals surface area contributed by atoms with E-state index in [-0.39, 0.29) is 23.2 Å². The van der Waals surface area contributed by atoms with Crippen molar-refractivity contribution >= 4 is 41.2 Å². The van der Waals surface area contributed by atoms with Crippen LogP contribution in [0.4, 0.5) is 0 Å². The van der Waals surface area contributed by atoms with Gasteiger partial charge in [-0.15, -0.1) is 0 Å². The predicted molar refractivity (Wildman–Crippen MR) is 145 cm³/mol. The van der Waals surface area contributed by atoms with Crippen molar-refractivity contribution in [2.24, 2.45) is 14.1 Å². The monoisotopic (exact) mass is 546 g/mol. The number of aliphatic hydroxyl groups is 2. The van der Waals surface area contributed by atoms with Crippen LogP contribution in [0.3, 0.4) is 0 Å². The molecule has 0 amide bonds. The molecule has 0 fully saturated rings. The van der Waals surface area contributed by atoms with Crippen molar-refractivity contribution in [1.82, 2.24) is 39.5 Å². The van der Waals surface area contributed by atoms with Gasteiger partial charge >= 0.3 is 5.97 Å². The lowest BCUT2D eigenvalue weighted by molar-refractivity contribution is -0.131. The highest BCUT2D eigenvalue weighted by molar-refractivity contribution is 6.05. The zero-order chi connectivity index (χ0) is 29.2. The number of aromatic amines is 2. The van der Waals surface area contributed by atoms with Gasteiger partial charge in [0.25, 0.3) is 0 Å². The van der Waals surface area contributed by atoms with Crippen LogP contribution in [-0.2, 0) is 18.9 Å². The number of aliphatic carboxylic acids is 1. The third-order valence-electron chi connectivity index (χ3n) is 5.24. The van der Waals surface area contributed by atoms with E-state index in [0.29, 0.717) is 16.8 Å². The number of ketones is 2. The number of rotatable bonds is 9. The van der Waals surface area contributed by atoms with Crippen molar-refractivity contribution in [2.75, 3.05) is 0 Å². The Morgan fingerprint density at radius 2 is 1.23 bits per heavy atom. The summed E-state index contributed by atoms with van der Waals surface area (Å²) in [4.78, 5) is 41.3. The lowest BCUT2D eigenvalue weighted by atomic mass is 10.2. The Labute approximate surface area is 227 Å². The number of nitrogens with zero attached hydrogens (tertiary/aromatic N) is 6. The number of hydrogen-bond donors (Lipinski definition) is 5. The van der Waals surface area contributed by atoms with Crippen molar-refractivity contribution in [1.29, 1.82) is 0 Å². The van der Waals surface area contributed by atoms with Crippen LogP contribution in [0.1, 0.15) is 50.7 Å². The van der Waals surface area contributed by atoms with Gasteiger partial charge in [-0.25, -0.2) is 14.8 Å². The minimum Gasteiger partial charge on any atom is -0.507 e. The topological polar surface area (TPSA) is 205 Å². The standard InChI is InChI=1S/C13H12N4O4.C13H14N4O2/c1-17-6-8(4-9(17)2-3-12(20)21)10(18)5-11(19)13-14-7-15-16-13;1-3-4-10-5-9(7-17(10)2)11(18)6-12(19)13-14-8-15-16-13/h2-7,18H,1H3,(H,20,21)(H,14,15,16);3-8,18H,1-2H3,(H,14,15,16)/b3-2+,10-5?;4-3+,11-6?. The zero-order valence-electron chi connectivity index (χ0n) is 21.7. The molecule has 0 spiro atoms. The molecule has 0 saturated heterocycles. The number of aromatic nitrogens is 8. The van der Waals surface area contributed by atoms with Gasteiger partial charge in [0.2, 0.25) is 11.6 Å². The maximum atomic E-state index is 11.7. The lowest BCUT2D eigenvalue weighted by Gasteiger charge is -1.94. The molecule has 14 nitrogen and oxygen atoms in total. The summed E-state index contributed by atoms with van der Waals surface area (Å²) in [6.45, 7) is 1.91. The number of nitrogens with one attached hydrogen (secondary N) is 2. The highest BCUT2D eigenvalue weighted by Crippen LogP contribution is 2.18. The van der Waals surface area contributed by atoms with Gasteiger partial charge in [-0.05, 0) is 31.2 Å². The summed E-state index contributed by atoms with van der Waals surface area (Å²) < 4.78 is 3.48. The number of carboxylic acids is 1. The predicted octanol–water partition coefficient (Wildman–Crippen LogP) is 2.98.